The summed E-state index contributed by atoms with van der Waals surface area (Å²) in [6.45, 7) is 4.39. The normalized spacial score (nSPS) is 10.3. The second-order valence-electron chi connectivity index (χ2n) is 3.67. The van der Waals surface area contributed by atoms with Gasteiger partial charge in [0, 0.05) is 11.1 Å². The van der Waals surface area contributed by atoms with Gasteiger partial charge in [-0.1, -0.05) is 43.0 Å². The zero-order chi connectivity index (χ0) is 11.4. The average Bonchev–Trinajstić information content (AvgIpc) is 2.35. The van der Waals surface area contributed by atoms with Crippen molar-refractivity contribution in [3.05, 3.63) is 54.6 Å². The minimum atomic E-state index is 0.525. The van der Waals surface area contributed by atoms with Gasteiger partial charge in [0.05, 0.1) is 0 Å². The molecule has 0 heterocycles. The van der Waals surface area contributed by atoms with Gasteiger partial charge in [0.25, 0.3) is 0 Å². The SMILES string of the molecule is C=C(CS)COc1cccc2ccccc12. The van der Waals surface area contributed by atoms with E-state index in [0.29, 0.717) is 12.4 Å². The Hall–Kier alpha value is -1.41. The van der Waals surface area contributed by atoms with Gasteiger partial charge in [-0.25, -0.2) is 0 Å². The largest absolute Gasteiger partial charge is 0.489 e. The summed E-state index contributed by atoms with van der Waals surface area (Å²) in [6, 6.07) is 14.2. The molecule has 0 aliphatic heterocycles. The molecule has 0 saturated heterocycles. The molecule has 2 aromatic rings. The second kappa shape index (κ2) is 5.08. The maximum absolute atomic E-state index is 5.72. The van der Waals surface area contributed by atoms with Crippen LogP contribution in [-0.4, -0.2) is 12.4 Å². The second-order valence-corrected chi connectivity index (χ2v) is 3.99. The summed E-state index contributed by atoms with van der Waals surface area (Å²) in [5.74, 6) is 1.56. The Morgan fingerprint density at radius 2 is 1.88 bits per heavy atom. The number of hydrogen-bond acceptors (Lipinski definition) is 2. The van der Waals surface area contributed by atoms with Crippen LogP contribution in [0, 0.1) is 0 Å². The number of benzene rings is 2. The quantitative estimate of drug-likeness (QED) is 0.622. The first kappa shape index (κ1) is 11.1. The maximum Gasteiger partial charge on any atom is 0.127 e. The van der Waals surface area contributed by atoms with Crippen LogP contribution in [0.25, 0.3) is 10.8 Å². The summed E-state index contributed by atoms with van der Waals surface area (Å²) in [5.41, 5.74) is 0.983. The van der Waals surface area contributed by atoms with Gasteiger partial charge < -0.3 is 4.74 Å². The number of hydrogen-bond donors (Lipinski definition) is 1. The van der Waals surface area contributed by atoms with Crippen molar-refractivity contribution in [3.63, 3.8) is 0 Å². The summed E-state index contributed by atoms with van der Waals surface area (Å²) >= 11 is 4.16. The summed E-state index contributed by atoms with van der Waals surface area (Å²) in [4.78, 5) is 0. The van der Waals surface area contributed by atoms with Crippen molar-refractivity contribution < 1.29 is 4.74 Å². The smallest absolute Gasteiger partial charge is 0.127 e. The Labute approximate surface area is 101 Å². The molecule has 0 atom stereocenters. The standard InChI is InChI=1S/C14H14OS/c1-11(10-16)9-15-14-8-4-6-12-5-2-3-7-13(12)14/h2-8,16H,1,9-10H2. The zero-order valence-electron chi connectivity index (χ0n) is 9.02. The molecule has 0 bridgehead atoms. The van der Waals surface area contributed by atoms with Gasteiger partial charge in [-0.05, 0) is 17.0 Å². The Bertz CT molecular complexity index is 500. The number of ether oxygens (including phenoxy) is 1. The molecule has 0 N–H and O–H groups in total. The van der Waals surface area contributed by atoms with Crippen molar-refractivity contribution in [2.45, 2.75) is 0 Å². The molecule has 0 aromatic heterocycles. The van der Waals surface area contributed by atoms with E-state index in [9.17, 15) is 0 Å². The number of thiol groups is 1. The van der Waals surface area contributed by atoms with Crippen molar-refractivity contribution in [3.8, 4) is 5.75 Å². The van der Waals surface area contributed by atoms with Crippen molar-refractivity contribution >= 4 is 23.4 Å². The minimum absolute atomic E-state index is 0.525. The monoisotopic (exact) mass is 230 g/mol. The molecular weight excluding hydrogens is 216 g/mol. The van der Waals surface area contributed by atoms with Crippen LogP contribution in [0.5, 0.6) is 5.75 Å². The third-order valence-electron chi connectivity index (χ3n) is 2.41. The van der Waals surface area contributed by atoms with Crippen LogP contribution in [0.4, 0.5) is 0 Å². The predicted molar refractivity (Wildman–Crippen MR) is 72.4 cm³/mol. The summed E-state index contributed by atoms with van der Waals surface area (Å²) in [7, 11) is 0. The summed E-state index contributed by atoms with van der Waals surface area (Å²) < 4.78 is 5.72. The molecule has 0 fully saturated rings. The van der Waals surface area contributed by atoms with Crippen molar-refractivity contribution in [2.75, 3.05) is 12.4 Å². The molecule has 0 saturated carbocycles. The molecule has 82 valence electrons. The maximum atomic E-state index is 5.72. The van der Waals surface area contributed by atoms with Gasteiger partial charge in [-0.3, -0.25) is 0 Å². The predicted octanol–water partition coefficient (Wildman–Crippen LogP) is 3.70. The molecule has 0 aliphatic rings. The van der Waals surface area contributed by atoms with E-state index in [1.807, 2.05) is 24.3 Å². The van der Waals surface area contributed by atoms with Crippen LogP contribution >= 0.6 is 12.6 Å². The lowest BCUT2D eigenvalue weighted by Crippen LogP contribution is -2.01. The van der Waals surface area contributed by atoms with Gasteiger partial charge in [0.1, 0.15) is 12.4 Å². The molecule has 0 radical (unpaired) electrons. The molecule has 16 heavy (non-hydrogen) atoms. The van der Waals surface area contributed by atoms with Gasteiger partial charge in [0.15, 0.2) is 0 Å². The van der Waals surface area contributed by atoms with E-state index < -0.39 is 0 Å². The van der Waals surface area contributed by atoms with Crippen LogP contribution < -0.4 is 4.74 Å². The van der Waals surface area contributed by atoms with Crippen LogP contribution in [0.15, 0.2) is 54.6 Å². The van der Waals surface area contributed by atoms with Gasteiger partial charge in [-0.2, -0.15) is 12.6 Å². The summed E-state index contributed by atoms with van der Waals surface area (Å²) in [6.07, 6.45) is 0. The number of fused-ring (bicyclic) bond motifs is 1. The Balaban J connectivity index is 2.27. The highest BCUT2D eigenvalue weighted by Crippen LogP contribution is 2.25. The third-order valence-corrected chi connectivity index (χ3v) is 2.85. The highest BCUT2D eigenvalue weighted by atomic mass is 32.1. The first-order valence-corrected chi connectivity index (χ1v) is 5.82. The van der Waals surface area contributed by atoms with Crippen LogP contribution in [-0.2, 0) is 0 Å². The highest BCUT2D eigenvalue weighted by Gasteiger charge is 2.01. The van der Waals surface area contributed by atoms with Crippen molar-refractivity contribution in [1.82, 2.24) is 0 Å². The third kappa shape index (κ3) is 2.39. The van der Waals surface area contributed by atoms with Crippen molar-refractivity contribution in [1.29, 1.82) is 0 Å². The zero-order valence-corrected chi connectivity index (χ0v) is 9.91. The summed E-state index contributed by atoms with van der Waals surface area (Å²) in [5, 5.41) is 2.33. The lowest BCUT2D eigenvalue weighted by Gasteiger charge is -2.09. The van der Waals surface area contributed by atoms with Gasteiger partial charge >= 0.3 is 0 Å². The molecule has 0 amide bonds. The molecule has 2 heteroatoms. The lowest BCUT2D eigenvalue weighted by atomic mass is 10.1. The number of rotatable bonds is 4. The average molecular weight is 230 g/mol. The van der Waals surface area contributed by atoms with E-state index >= 15 is 0 Å². The molecule has 0 unspecified atom stereocenters. The minimum Gasteiger partial charge on any atom is -0.489 e. The fraction of sp³-hybridized carbons (Fsp3) is 0.143. The Morgan fingerprint density at radius 3 is 2.69 bits per heavy atom. The van der Waals surface area contributed by atoms with Crippen LogP contribution in [0.3, 0.4) is 0 Å². The molecular formula is C14H14OS. The van der Waals surface area contributed by atoms with E-state index in [0.717, 1.165) is 16.7 Å². The molecule has 0 aliphatic carbocycles. The fourth-order valence-corrected chi connectivity index (χ4v) is 1.64. The van der Waals surface area contributed by atoms with E-state index in [1.54, 1.807) is 0 Å². The first-order chi connectivity index (χ1) is 7.81. The van der Waals surface area contributed by atoms with Crippen LogP contribution in [0.2, 0.25) is 0 Å². The van der Waals surface area contributed by atoms with E-state index in [2.05, 4.69) is 37.4 Å². The topological polar surface area (TPSA) is 9.23 Å². The van der Waals surface area contributed by atoms with Crippen LogP contribution in [0.1, 0.15) is 0 Å². The van der Waals surface area contributed by atoms with E-state index in [-0.39, 0.29) is 0 Å². The Kier molecular flexibility index (Phi) is 3.52. The highest BCUT2D eigenvalue weighted by molar-refractivity contribution is 7.80. The first-order valence-electron chi connectivity index (χ1n) is 5.19. The van der Waals surface area contributed by atoms with Gasteiger partial charge in [0.2, 0.25) is 0 Å². The molecule has 1 nitrogen and oxygen atoms in total. The van der Waals surface area contributed by atoms with Gasteiger partial charge in [-0.15, -0.1) is 0 Å². The molecule has 2 aromatic carbocycles. The van der Waals surface area contributed by atoms with Crippen molar-refractivity contribution in [2.24, 2.45) is 0 Å². The Morgan fingerprint density at radius 1 is 1.12 bits per heavy atom. The van der Waals surface area contributed by atoms with E-state index in [1.165, 1.54) is 5.39 Å². The lowest BCUT2D eigenvalue weighted by molar-refractivity contribution is 0.357. The molecule has 0 spiro atoms. The molecule has 2 rings (SSSR count). The fourth-order valence-electron chi connectivity index (χ4n) is 1.55. The van der Waals surface area contributed by atoms with E-state index in [4.69, 9.17) is 4.74 Å².